The molecule has 17 nitrogen and oxygen atoms in total. The van der Waals surface area contributed by atoms with Crippen LogP contribution in [0.2, 0.25) is 5.02 Å². The average Bonchev–Trinajstić information content (AvgIpc) is 3.95. The number of rotatable bonds is 12. The highest BCUT2D eigenvalue weighted by atomic mass is 35.5. The first kappa shape index (κ1) is 51.0. The van der Waals surface area contributed by atoms with Gasteiger partial charge in [0, 0.05) is 86.6 Å². The summed E-state index contributed by atoms with van der Waals surface area (Å²) in [6.07, 6.45) is 11.4. The Kier molecular flexibility index (Phi) is 13.7. The van der Waals surface area contributed by atoms with Gasteiger partial charge in [0.2, 0.25) is 17.8 Å². The van der Waals surface area contributed by atoms with E-state index in [0.717, 1.165) is 104 Å². The molecule has 76 heavy (non-hydrogen) atoms. The zero-order valence-corrected chi connectivity index (χ0v) is 44.6. The van der Waals surface area contributed by atoms with Gasteiger partial charge in [0.1, 0.15) is 29.8 Å². The normalized spacial score (nSPS) is 19.3. The zero-order chi connectivity index (χ0) is 53.0. The molecule has 5 aliphatic heterocycles. The van der Waals surface area contributed by atoms with Crippen LogP contribution in [0.25, 0.3) is 22.3 Å². The van der Waals surface area contributed by atoms with Crippen molar-refractivity contribution in [3.63, 3.8) is 0 Å². The summed E-state index contributed by atoms with van der Waals surface area (Å²) in [5, 5.41) is 14.5. The van der Waals surface area contributed by atoms with Crippen LogP contribution in [0.1, 0.15) is 72.1 Å². The monoisotopic (exact) mass is 1070 g/mol. The second kappa shape index (κ2) is 20.4. The summed E-state index contributed by atoms with van der Waals surface area (Å²) in [6, 6.07) is 21.8. The molecule has 4 saturated heterocycles. The van der Waals surface area contributed by atoms with E-state index in [2.05, 4.69) is 48.0 Å². The maximum atomic E-state index is 15.8. The molecule has 1 unspecified atom stereocenters. The molecule has 20 heteroatoms. The number of hydrogen-bond acceptors (Lipinski definition) is 14. The van der Waals surface area contributed by atoms with Gasteiger partial charge in [-0.25, -0.2) is 9.37 Å². The van der Waals surface area contributed by atoms with Crippen LogP contribution in [0.15, 0.2) is 91.4 Å². The smallest absolute Gasteiger partial charge is 0.262 e. The van der Waals surface area contributed by atoms with Gasteiger partial charge in [-0.15, -0.1) is 0 Å². The Morgan fingerprint density at radius 1 is 0.789 bits per heavy atom. The van der Waals surface area contributed by atoms with Crippen molar-refractivity contribution >= 4 is 82.2 Å². The van der Waals surface area contributed by atoms with Gasteiger partial charge in [-0.1, -0.05) is 48.0 Å². The van der Waals surface area contributed by atoms with Crippen LogP contribution in [0.5, 0.6) is 5.75 Å². The molecule has 394 valence electrons. The van der Waals surface area contributed by atoms with E-state index < -0.39 is 42.6 Å². The highest BCUT2D eigenvalue weighted by molar-refractivity contribution is 7.70. The summed E-state index contributed by atoms with van der Waals surface area (Å²) in [6.45, 7) is 8.37. The number of amides is 4. The number of nitrogens with zero attached hydrogens (tertiary/aromatic N) is 8. The largest absolute Gasteiger partial charge is 0.494 e. The third kappa shape index (κ3) is 9.93. The number of imide groups is 2. The number of likely N-dealkylation sites (tertiary alicyclic amines) is 1. The second-order valence-corrected chi connectivity index (χ2v) is 24.7. The van der Waals surface area contributed by atoms with Crippen molar-refractivity contribution in [2.24, 2.45) is 12.5 Å². The Morgan fingerprint density at radius 2 is 1.53 bits per heavy atom. The van der Waals surface area contributed by atoms with Crippen LogP contribution in [0, 0.1) is 11.2 Å². The van der Waals surface area contributed by atoms with Gasteiger partial charge >= 0.3 is 0 Å². The minimum atomic E-state index is -2.76. The number of halogens is 2. The van der Waals surface area contributed by atoms with Crippen LogP contribution in [0.3, 0.4) is 0 Å². The van der Waals surface area contributed by atoms with Crippen LogP contribution in [-0.2, 0) is 21.2 Å². The summed E-state index contributed by atoms with van der Waals surface area (Å²) in [5.74, 6) is -1.85. The number of anilines is 6. The SMILES string of the molecule is COc1cc(N2CCC3(CCCN(C4CCN(c5cc6c(cc5F)C(=O)N(C5CCC(=O)NC5=O)C6=O)CC4)C3)CC2)c(-c2cnn(C)c2)cc1Nc1ncc(Cl)c(Nc2ccc(-c3ccccc3)cc2P(C)(C)=O)n1. The summed E-state index contributed by atoms with van der Waals surface area (Å²) >= 11 is 6.72. The van der Waals surface area contributed by atoms with Gasteiger partial charge in [-0.2, -0.15) is 10.1 Å². The number of ether oxygens (including phenoxy) is 1. The van der Waals surface area contributed by atoms with Gasteiger partial charge in [-0.05, 0) is 112 Å². The molecule has 0 aliphatic carbocycles. The Hall–Kier alpha value is -7.14. The quantitative estimate of drug-likeness (QED) is 0.0779. The lowest BCUT2D eigenvalue weighted by Gasteiger charge is -2.51. The van der Waals surface area contributed by atoms with Gasteiger partial charge in [0.15, 0.2) is 5.82 Å². The fourth-order valence-electron chi connectivity index (χ4n) is 11.9. The van der Waals surface area contributed by atoms with E-state index >= 15 is 4.39 Å². The Morgan fingerprint density at radius 3 is 2.22 bits per heavy atom. The third-order valence-electron chi connectivity index (χ3n) is 15.9. The molecule has 7 heterocycles. The van der Waals surface area contributed by atoms with Gasteiger partial charge < -0.3 is 29.7 Å². The molecule has 5 aliphatic rings. The first-order valence-corrected chi connectivity index (χ1v) is 28.8. The Bertz CT molecular complexity index is 3340. The van der Waals surface area contributed by atoms with E-state index in [-0.39, 0.29) is 41.0 Å². The predicted molar refractivity (Wildman–Crippen MR) is 293 cm³/mol. The topological polar surface area (TPSA) is 187 Å². The predicted octanol–water partition coefficient (Wildman–Crippen LogP) is 8.83. The lowest BCUT2D eigenvalue weighted by atomic mass is 9.71. The minimum absolute atomic E-state index is 0.0109. The Labute approximate surface area is 445 Å². The highest BCUT2D eigenvalue weighted by Gasteiger charge is 2.46. The van der Waals surface area contributed by atoms with Crippen molar-refractivity contribution in [1.29, 1.82) is 0 Å². The van der Waals surface area contributed by atoms with E-state index in [1.54, 1.807) is 25.1 Å². The molecule has 2 aromatic heterocycles. The molecule has 0 radical (unpaired) electrons. The minimum Gasteiger partial charge on any atom is -0.494 e. The first-order valence-electron chi connectivity index (χ1n) is 25.9. The highest BCUT2D eigenvalue weighted by Crippen LogP contribution is 2.47. The molecule has 0 saturated carbocycles. The number of methoxy groups -OCH3 is 1. The van der Waals surface area contributed by atoms with Crippen LogP contribution >= 0.6 is 18.7 Å². The number of nitrogens with one attached hydrogen (secondary N) is 3. The summed E-state index contributed by atoms with van der Waals surface area (Å²) in [7, 11) is 0.792. The Balaban J connectivity index is 0.766. The van der Waals surface area contributed by atoms with E-state index in [0.29, 0.717) is 52.4 Å². The molecular weight excluding hydrogens is 1010 g/mol. The average molecular weight is 1070 g/mol. The third-order valence-corrected chi connectivity index (χ3v) is 17.8. The van der Waals surface area contributed by atoms with Gasteiger partial charge in [0.05, 0.1) is 47.7 Å². The second-order valence-electron chi connectivity index (χ2n) is 21.1. The molecule has 4 fully saturated rings. The first-order chi connectivity index (χ1) is 36.5. The van der Waals surface area contributed by atoms with Crippen molar-refractivity contribution in [3.05, 3.63) is 113 Å². The molecule has 11 rings (SSSR count). The number of benzene rings is 4. The van der Waals surface area contributed by atoms with Crippen molar-refractivity contribution in [1.82, 2.24) is 34.9 Å². The molecule has 4 amide bonds. The van der Waals surface area contributed by atoms with E-state index in [4.69, 9.17) is 21.3 Å². The molecule has 6 aromatic rings. The number of aryl methyl sites for hydroxylation is 1. The lowest BCUT2D eigenvalue weighted by molar-refractivity contribution is -0.136. The number of carbonyl (C=O) groups excluding carboxylic acids is 4. The number of hydrogen-bond donors (Lipinski definition) is 3. The molecule has 1 spiro atoms. The summed E-state index contributed by atoms with van der Waals surface area (Å²) < 4.78 is 37.4. The maximum Gasteiger partial charge on any atom is 0.262 e. The van der Waals surface area contributed by atoms with E-state index in [9.17, 15) is 23.7 Å². The summed E-state index contributed by atoms with van der Waals surface area (Å²) in [5.41, 5.74) is 6.67. The lowest BCUT2D eigenvalue weighted by Crippen LogP contribution is -2.54. The molecule has 3 N–H and O–H groups in total. The van der Waals surface area contributed by atoms with Crippen LogP contribution in [-0.4, -0.2) is 125 Å². The fourth-order valence-corrected chi connectivity index (χ4v) is 13.2. The van der Waals surface area contributed by atoms with Crippen molar-refractivity contribution < 1.29 is 32.9 Å². The fraction of sp³-hybridized carbons (Fsp3) is 0.375. The molecule has 1 atom stereocenters. The standard InChI is InChI=1S/C56H60ClFN11O6P/c1-65-32-36(30-60-65)38-27-44(62-55-59-31-41(57)51(64-55)61-43-12-11-35(25-49(43)76(3,4)74)34-9-6-5-7-10-34)48(75-2)29-46(38)67-23-18-56(19-24-67)17-8-20-68(33-56)37-15-21-66(22-16-37)47-28-40-39(26-42(47)58)53(72)69(54(40)73)45-13-14-50(70)63-52(45)71/h5-7,9-12,25-32,37,45H,8,13-24,33H2,1-4H3,(H,63,70,71)(H2,59,61,62,64). The number of aromatic nitrogens is 4. The van der Waals surface area contributed by atoms with Crippen molar-refractivity contribution in [2.75, 3.05) is 80.1 Å². The number of piperidine rings is 4. The van der Waals surface area contributed by atoms with Gasteiger partial charge in [-0.3, -0.25) is 39.0 Å². The molecular formula is C56H60ClFN11O6P. The zero-order valence-electron chi connectivity index (χ0n) is 42.9. The van der Waals surface area contributed by atoms with Crippen LogP contribution < -0.4 is 35.8 Å². The summed E-state index contributed by atoms with van der Waals surface area (Å²) in [4.78, 5) is 68.5. The number of carbonyl (C=O) groups is 4. The van der Waals surface area contributed by atoms with E-state index in [1.165, 1.54) is 12.3 Å². The maximum absolute atomic E-state index is 15.8. The van der Waals surface area contributed by atoms with Gasteiger partial charge in [0.25, 0.3) is 11.8 Å². The van der Waals surface area contributed by atoms with E-state index in [1.807, 2.05) is 72.9 Å². The number of fused-ring (bicyclic) bond motifs is 1. The van der Waals surface area contributed by atoms with Crippen LogP contribution in [0.4, 0.5) is 38.9 Å². The van der Waals surface area contributed by atoms with Crippen molar-refractivity contribution in [3.8, 4) is 28.0 Å². The molecule has 0 bridgehead atoms. The molecule has 4 aromatic carbocycles. The van der Waals surface area contributed by atoms with Crippen molar-refractivity contribution in [2.45, 2.75) is 63.5 Å².